The van der Waals surface area contributed by atoms with E-state index in [1.54, 1.807) is 29.2 Å². The van der Waals surface area contributed by atoms with Crippen molar-refractivity contribution in [2.75, 3.05) is 11.9 Å². The molecule has 188 valence electrons. The maximum Gasteiger partial charge on any atom is 0.242 e. The van der Waals surface area contributed by atoms with Gasteiger partial charge < -0.3 is 5.32 Å². The van der Waals surface area contributed by atoms with Gasteiger partial charge in [-0.2, -0.15) is 0 Å². The molecule has 1 aliphatic heterocycles. The fourth-order valence-corrected chi connectivity index (χ4v) is 5.58. The number of carbonyl (C=O) groups is 3. The molecule has 2 aliphatic rings. The molecule has 2 aromatic carbocycles. The second kappa shape index (κ2) is 11.7. The highest BCUT2D eigenvalue weighted by molar-refractivity contribution is 8.15. The number of thioether (sulfide) groups is 1. The van der Waals surface area contributed by atoms with Crippen molar-refractivity contribution in [3.8, 4) is 0 Å². The van der Waals surface area contributed by atoms with Gasteiger partial charge in [-0.25, -0.2) is 4.99 Å². The van der Waals surface area contributed by atoms with Gasteiger partial charge in [0.25, 0.3) is 0 Å². The van der Waals surface area contributed by atoms with Gasteiger partial charge in [0.15, 0.2) is 11.0 Å². The van der Waals surface area contributed by atoms with Crippen molar-refractivity contribution < 1.29 is 14.4 Å². The van der Waals surface area contributed by atoms with E-state index in [0.29, 0.717) is 23.0 Å². The van der Waals surface area contributed by atoms with Gasteiger partial charge in [-0.3, -0.25) is 19.3 Å². The summed E-state index contributed by atoms with van der Waals surface area (Å²) in [6, 6.07) is 12.8. The van der Waals surface area contributed by atoms with Crippen LogP contribution in [0, 0.1) is 13.8 Å². The van der Waals surface area contributed by atoms with Gasteiger partial charge in [-0.15, -0.1) is 0 Å². The molecule has 1 saturated heterocycles. The predicted molar refractivity (Wildman–Crippen MR) is 147 cm³/mol. The van der Waals surface area contributed by atoms with E-state index in [0.717, 1.165) is 30.5 Å². The third kappa shape index (κ3) is 6.52. The molecular weight excluding hydrogens is 470 g/mol. The molecule has 4 rings (SSSR count). The van der Waals surface area contributed by atoms with E-state index in [-0.39, 0.29) is 24.0 Å². The van der Waals surface area contributed by atoms with Crippen LogP contribution in [0.3, 0.4) is 0 Å². The van der Waals surface area contributed by atoms with Crippen LogP contribution < -0.4 is 5.32 Å². The first kappa shape index (κ1) is 25.9. The van der Waals surface area contributed by atoms with Crippen LogP contribution in [0.15, 0.2) is 59.1 Å². The predicted octanol–water partition coefficient (Wildman–Crippen LogP) is 6.36. The molecule has 2 aromatic rings. The van der Waals surface area contributed by atoms with Crippen LogP contribution in [0.4, 0.5) is 11.4 Å². The molecule has 1 atom stereocenters. The molecule has 6 nitrogen and oxygen atoms in total. The summed E-state index contributed by atoms with van der Waals surface area (Å²) >= 11 is 1.37. The Morgan fingerprint density at radius 3 is 2.53 bits per heavy atom. The molecule has 2 amide bonds. The van der Waals surface area contributed by atoms with Crippen LogP contribution in [-0.2, 0) is 9.59 Å². The maximum atomic E-state index is 13.4. The van der Waals surface area contributed by atoms with E-state index >= 15 is 0 Å². The lowest BCUT2D eigenvalue weighted by atomic mass is 9.97. The van der Waals surface area contributed by atoms with E-state index in [2.05, 4.69) is 25.2 Å². The van der Waals surface area contributed by atoms with Gasteiger partial charge in [-0.1, -0.05) is 29.5 Å². The monoisotopic (exact) mass is 503 g/mol. The van der Waals surface area contributed by atoms with Gasteiger partial charge >= 0.3 is 0 Å². The summed E-state index contributed by atoms with van der Waals surface area (Å²) in [5.74, 6) is -0.333. The number of amidine groups is 1. The van der Waals surface area contributed by atoms with Crippen LogP contribution in [0.1, 0.15) is 66.9 Å². The minimum absolute atomic E-state index is 0.0273. The summed E-state index contributed by atoms with van der Waals surface area (Å²) < 4.78 is 0. The molecule has 1 heterocycles. The molecular formula is C29H33N3O3S. The number of carbonyl (C=O) groups excluding carboxylic acids is 3. The fourth-order valence-electron chi connectivity index (χ4n) is 4.39. The molecule has 36 heavy (non-hydrogen) atoms. The lowest BCUT2D eigenvalue weighted by Gasteiger charge is -2.19. The Morgan fingerprint density at radius 1 is 1.08 bits per heavy atom. The smallest absolute Gasteiger partial charge is 0.242 e. The SMILES string of the molecule is CC(=O)c1ccc(NC(=O)CC2SC(=Nc3ccc(C)c(C)c3)N(CCC3=CCCCC3)C2=O)cc1. The van der Waals surface area contributed by atoms with E-state index in [1.807, 2.05) is 18.2 Å². The van der Waals surface area contributed by atoms with E-state index < -0.39 is 5.25 Å². The number of amides is 2. The molecule has 0 bridgehead atoms. The van der Waals surface area contributed by atoms with E-state index in [9.17, 15) is 14.4 Å². The summed E-state index contributed by atoms with van der Waals surface area (Å²) in [4.78, 5) is 44.2. The largest absolute Gasteiger partial charge is 0.326 e. The Hall–Kier alpha value is -3.19. The number of anilines is 1. The Labute approximate surface area is 217 Å². The van der Waals surface area contributed by atoms with Crippen molar-refractivity contribution in [3.05, 3.63) is 70.8 Å². The first-order valence-electron chi connectivity index (χ1n) is 12.5. The van der Waals surface area contributed by atoms with E-state index in [4.69, 9.17) is 4.99 Å². The number of hydrogen-bond donors (Lipinski definition) is 1. The Balaban J connectivity index is 1.48. The van der Waals surface area contributed by atoms with Gasteiger partial charge in [-0.05, 0) is 100 Å². The van der Waals surface area contributed by atoms with Gasteiger partial charge in [0, 0.05) is 24.2 Å². The molecule has 0 radical (unpaired) electrons. The van der Waals surface area contributed by atoms with Crippen LogP contribution in [0.2, 0.25) is 0 Å². The van der Waals surface area contributed by atoms with Crippen molar-refractivity contribution in [2.45, 2.75) is 64.5 Å². The van der Waals surface area contributed by atoms with Crippen molar-refractivity contribution in [1.82, 2.24) is 4.90 Å². The summed E-state index contributed by atoms with van der Waals surface area (Å²) in [5, 5.41) is 2.98. The summed E-state index contributed by atoms with van der Waals surface area (Å²) in [6.45, 7) is 6.19. The Bertz CT molecular complexity index is 1220. The number of allylic oxidation sites excluding steroid dienone is 1. The quantitative estimate of drug-likeness (QED) is 0.336. The highest BCUT2D eigenvalue weighted by Crippen LogP contribution is 2.33. The van der Waals surface area contributed by atoms with Crippen molar-refractivity contribution >= 4 is 45.9 Å². The molecule has 1 unspecified atom stereocenters. The molecule has 7 heteroatoms. The molecule has 1 N–H and O–H groups in total. The molecule has 0 spiro atoms. The van der Waals surface area contributed by atoms with E-state index in [1.165, 1.54) is 42.7 Å². The first-order valence-corrected chi connectivity index (χ1v) is 13.4. The number of ketones is 1. The average molecular weight is 504 g/mol. The zero-order valence-corrected chi connectivity index (χ0v) is 22.0. The molecule has 1 fully saturated rings. The maximum absolute atomic E-state index is 13.4. The van der Waals surface area contributed by atoms with Gasteiger partial charge in [0.1, 0.15) is 5.25 Å². The zero-order chi connectivity index (χ0) is 25.7. The highest BCUT2D eigenvalue weighted by Gasteiger charge is 2.39. The second-order valence-corrected chi connectivity index (χ2v) is 10.7. The van der Waals surface area contributed by atoms with Crippen molar-refractivity contribution in [3.63, 3.8) is 0 Å². The van der Waals surface area contributed by atoms with Gasteiger partial charge in [0.2, 0.25) is 11.8 Å². The lowest BCUT2D eigenvalue weighted by Crippen LogP contribution is -2.34. The standard InChI is InChI=1S/C29H33N3O3S/c1-19-9-12-25(17-20(19)2)31-29-32(16-15-22-7-5-4-6-8-22)28(35)26(36-29)18-27(34)30-24-13-10-23(11-14-24)21(3)33/h7,9-14,17,26H,4-6,8,15-16,18H2,1-3H3,(H,30,34). The fraction of sp³-hybridized carbons (Fsp3) is 0.379. The molecule has 0 saturated carbocycles. The minimum Gasteiger partial charge on any atom is -0.326 e. The third-order valence-corrected chi connectivity index (χ3v) is 7.90. The zero-order valence-electron chi connectivity index (χ0n) is 21.2. The number of rotatable bonds is 8. The normalized spacial score (nSPS) is 18.9. The second-order valence-electron chi connectivity index (χ2n) is 9.50. The van der Waals surface area contributed by atoms with Gasteiger partial charge in [0.05, 0.1) is 5.69 Å². The number of benzene rings is 2. The molecule has 0 aromatic heterocycles. The minimum atomic E-state index is -0.521. The van der Waals surface area contributed by atoms with Crippen molar-refractivity contribution in [1.29, 1.82) is 0 Å². The number of hydrogen-bond acceptors (Lipinski definition) is 5. The topological polar surface area (TPSA) is 78.8 Å². The first-order chi connectivity index (χ1) is 17.3. The molecule has 1 aliphatic carbocycles. The average Bonchev–Trinajstić information content (AvgIpc) is 3.14. The van der Waals surface area contributed by atoms with Crippen LogP contribution >= 0.6 is 11.8 Å². The Morgan fingerprint density at radius 2 is 1.86 bits per heavy atom. The number of nitrogens with one attached hydrogen (secondary N) is 1. The number of Topliss-reactive ketones (excluding diaryl/α,β-unsaturated/α-hetero) is 1. The number of aryl methyl sites for hydroxylation is 2. The number of nitrogens with zero attached hydrogens (tertiary/aromatic N) is 2. The lowest BCUT2D eigenvalue weighted by molar-refractivity contribution is -0.128. The summed E-state index contributed by atoms with van der Waals surface area (Å²) in [5.41, 5.74) is 5.75. The highest BCUT2D eigenvalue weighted by atomic mass is 32.2. The van der Waals surface area contributed by atoms with Crippen molar-refractivity contribution in [2.24, 2.45) is 4.99 Å². The van der Waals surface area contributed by atoms with Crippen LogP contribution in [0.25, 0.3) is 0 Å². The van der Waals surface area contributed by atoms with Crippen LogP contribution in [-0.4, -0.2) is 39.5 Å². The van der Waals surface area contributed by atoms with Crippen LogP contribution in [0.5, 0.6) is 0 Å². The summed E-state index contributed by atoms with van der Waals surface area (Å²) in [7, 11) is 0. The summed E-state index contributed by atoms with van der Waals surface area (Å²) in [6.07, 6.45) is 7.83. The number of aliphatic imine (C=N–C) groups is 1. The third-order valence-electron chi connectivity index (χ3n) is 6.72. The Kier molecular flexibility index (Phi) is 8.41.